The number of epoxide rings is 1. The molecule has 108 valence electrons. The lowest BCUT2D eigenvalue weighted by Crippen LogP contribution is -2.51. The molecule has 1 saturated heterocycles. The maximum Gasteiger partial charge on any atom is 0.510 e. The molecular formula is C12H12ClNO5S. The van der Waals surface area contributed by atoms with Crippen LogP contribution in [0.2, 0.25) is 4.34 Å². The Morgan fingerprint density at radius 1 is 1.45 bits per heavy atom. The Balaban J connectivity index is 1.73. The van der Waals surface area contributed by atoms with Crippen molar-refractivity contribution < 1.29 is 23.8 Å². The molecule has 0 radical (unpaired) electrons. The zero-order chi connectivity index (χ0) is 14.3. The molecule has 1 aromatic rings. The summed E-state index contributed by atoms with van der Waals surface area (Å²) in [7, 11) is 1.23. The molecule has 1 aliphatic heterocycles. The topological polar surface area (TPSA) is 77.2 Å². The van der Waals surface area contributed by atoms with Crippen molar-refractivity contribution in [3.63, 3.8) is 0 Å². The van der Waals surface area contributed by atoms with Gasteiger partial charge in [-0.05, 0) is 12.1 Å². The lowest BCUT2D eigenvalue weighted by molar-refractivity contribution is -0.0566. The molecule has 1 aromatic heterocycles. The molecular weight excluding hydrogens is 306 g/mol. The van der Waals surface area contributed by atoms with Gasteiger partial charge < -0.3 is 19.5 Å². The largest absolute Gasteiger partial charge is 0.510 e. The molecule has 1 amide bonds. The van der Waals surface area contributed by atoms with E-state index in [0.717, 1.165) is 11.3 Å². The van der Waals surface area contributed by atoms with E-state index in [4.69, 9.17) is 21.1 Å². The molecule has 1 saturated carbocycles. The van der Waals surface area contributed by atoms with Crippen molar-refractivity contribution in [1.82, 2.24) is 5.32 Å². The normalized spacial score (nSPS) is 30.5. The molecule has 0 aromatic carbocycles. The summed E-state index contributed by atoms with van der Waals surface area (Å²) in [6.45, 7) is 0. The Labute approximate surface area is 123 Å². The number of carbonyl (C=O) groups excluding carboxylic acids is 2. The zero-order valence-electron chi connectivity index (χ0n) is 10.6. The van der Waals surface area contributed by atoms with Gasteiger partial charge in [0, 0.05) is 12.8 Å². The number of halogens is 1. The molecule has 0 spiro atoms. The molecule has 2 fully saturated rings. The first kappa shape index (κ1) is 13.7. The highest BCUT2D eigenvalue weighted by Crippen LogP contribution is 2.45. The van der Waals surface area contributed by atoms with E-state index < -0.39 is 11.9 Å². The van der Waals surface area contributed by atoms with Gasteiger partial charge in [-0.1, -0.05) is 11.6 Å². The van der Waals surface area contributed by atoms with Crippen molar-refractivity contribution in [3.05, 3.63) is 21.3 Å². The molecule has 8 heteroatoms. The van der Waals surface area contributed by atoms with Crippen LogP contribution in [0.4, 0.5) is 4.79 Å². The lowest BCUT2D eigenvalue weighted by Gasteiger charge is -2.30. The summed E-state index contributed by atoms with van der Waals surface area (Å²) in [5.41, 5.74) is -1.06. The summed E-state index contributed by atoms with van der Waals surface area (Å²) >= 11 is 6.97. The van der Waals surface area contributed by atoms with Gasteiger partial charge in [-0.2, -0.15) is 0 Å². The number of methoxy groups -OCH3 is 1. The smallest absolute Gasteiger partial charge is 0.438 e. The highest BCUT2D eigenvalue weighted by atomic mass is 35.5. The SMILES string of the molecule is COC(=O)OC1(NC(=O)c2ccc(Cl)s2)CC2OC2C1. The number of carbonyl (C=O) groups is 2. The number of hydrogen-bond donors (Lipinski definition) is 1. The van der Waals surface area contributed by atoms with Crippen LogP contribution in [-0.4, -0.2) is 37.1 Å². The Morgan fingerprint density at radius 2 is 2.15 bits per heavy atom. The molecule has 1 N–H and O–H groups in total. The van der Waals surface area contributed by atoms with Crippen LogP contribution in [0, 0.1) is 0 Å². The Hall–Kier alpha value is -1.31. The van der Waals surface area contributed by atoms with E-state index >= 15 is 0 Å². The fourth-order valence-electron chi connectivity index (χ4n) is 2.39. The summed E-state index contributed by atoms with van der Waals surface area (Å²) in [6.07, 6.45) is 0.101. The summed E-state index contributed by atoms with van der Waals surface area (Å²) in [6, 6.07) is 3.27. The zero-order valence-corrected chi connectivity index (χ0v) is 12.1. The molecule has 20 heavy (non-hydrogen) atoms. The third kappa shape index (κ3) is 2.61. The van der Waals surface area contributed by atoms with E-state index in [1.807, 2.05) is 0 Å². The third-order valence-electron chi connectivity index (χ3n) is 3.33. The van der Waals surface area contributed by atoms with Gasteiger partial charge in [0.25, 0.3) is 5.91 Å². The van der Waals surface area contributed by atoms with Crippen LogP contribution in [0.5, 0.6) is 0 Å². The number of thiophene rings is 1. The molecule has 2 heterocycles. The van der Waals surface area contributed by atoms with Gasteiger partial charge in [-0.25, -0.2) is 4.79 Å². The average molecular weight is 318 g/mol. The van der Waals surface area contributed by atoms with Gasteiger partial charge in [0.05, 0.1) is 28.5 Å². The first-order valence-corrected chi connectivity index (χ1v) is 7.21. The number of nitrogens with one attached hydrogen (secondary N) is 1. The Kier molecular flexibility index (Phi) is 3.35. The summed E-state index contributed by atoms with van der Waals surface area (Å²) in [5, 5.41) is 2.76. The standard InChI is InChI=1S/C12H12ClNO5S/c1-17-11(16)19-12(4-6-7(5-12)18-6)14-10(15)8-2-3-9(13)20-8/h2-3,6-7H,4-5H2,1H3,(H,14,15). The number of ether oxygens (including phenoxy) is 3. The molecule has 1 aliphatic carbocycles. The number of fused-ring (bicyclic) bond motifs is 1. The van der Waals surface area contributed by atoms with E-state index in [1.165, 1.54) is 7.11 Å². The minimum atomic E-state index is -1.06. The van der Waals surface area contributed by atoms with Gasteiger partial charge in [0.2, 0.25) is 0 Å². The molecule has 2 aliphatic rings. The van der Waals surface area contributed by atoms with E-state index in [-0.39, 0.29) is 18.1 Å². The van der Waals surface area contributed by atoms with Crippen molar-refractivity contribution in [2.24, 2.45) is 0 Å². The van der Waals surface area contributed by atoms with Crippen molar-refractivity contribution in [2.75, 3.05) is 7.11 Å². The van der Waals surface area contributed by atoms with Crippen LogP contribution in [0.1, 0.15) is 22.5 Å². The molecule has 0 bridgehead atoms. The van der Waals surface area contributed by atoms with Gasteiger partial charge in [-0.15, -0.1) is 11.3 Å². The van der Waals surface area contributed by atoms with E-state index in [1.54, 1.807) is 12.1 Å². The summed E-state index contributed by atoms with van der Waals surface area (Å²) in [4.78, 5) is 24.0. The highest BCUT2D eigenvalue weighted by molar-refractivity contribution is 7.18. The molecule has 2 unspecified atom stereocenters. The number of hydrogen-bond acceptors (Lipinski definition) is 6. The van der Waals surface area contributed by atoms with Crippen LogP contribution < -0.4 is 5.32 Å². The van der Waals surface area contributed by atoms with E-state index in [2.05, 4.69) is 10.1 Å². The summed E-state index contributed by atoms with van der Waals surface area (Å²) in [5.74, 6) is -0.327. The van der Waals surface area contributed by atoms with Crippen LogP contribution in [0.3, 0.4) is 0 Å². The van der Waals surface area contributed by atoms with Gasteiger partial charge >= 0.3 is 6.16 Å². The molecule has 2 atom stereocenters. The van der Waals surface area contributed by atoms with Crippen LogP contribution in [0.25, 0.3) is 0 Å². The quantitative estimate of drug-likeness (QED) is 0.525. The van der Waals surface area contributed by atoms with E-state index in [9.17, 15) is 9.59 Å². The number of rotatable bonds is 3. The second-order valence-electron chi connectivity index (χ2n) is 4.73. The Bertz CT molecular complexity index is 550. The van der Waals surface area contributed by atoms with Crippen molar-refractivity contribution in [1.29, 1.82) is 0 Å². The van der Waals surface area contributed by atoms with Crippen molar-refractivity contribution >= 4 is 35.0 Å². The second kappa shape index (κ2) is 4.91. The number of amides is 1. The minimum absolute atomic E-state index is 0.0341. The first-order valence-electron chi connectivity index (χ1n) is 6.02. The molecule has 3 rings (SSSR count). The fourth-order valence-corrected chi connectivity index (χ4v) is 3.33. The third-order valence-corrected chi connectivity index (χ3v) is 4.56. The maximum absolute atomic E-state index is 12.2. The van der Waals surface area contributed by atoms with Gasteiger partial charge in [-0.3, -0.25) is 4.79 Å². The van der Waals surface area contributed by atoms with Crippen LogP contribution in [-0.2, 0) is 14.2 Å². The van der Waals surface area contributed by atoms with Gasteiger partial charge in [0.15, 0.2) is 5.72 Å². The predicted molar refractivity (Wildman–Crippen MR) is 70.9 cm³/mol. The highest BCUT2D eigenvalue weighted by Gasteiger charge is 2.59. The maximum atomic E-state index is 12.2. The minimum Gasteiger partial charge on any atom is -0.438 e. The second-order valence-corrected chi connectivity index (χ2v) is 6.44. The van der Waals surface area contributed by atoms with Crippen molar-refractivity contribution in [3.8, 4) is 0 Å². The Morgan fingerprint density at radius 3 is 2.70 bits per heavy atom. The average Bonchev–Trinajstić information content (AvgIpc) is 2.83. The summed E-state index contributed by atoms with van der Waals surface area (Å²) < 4.78 is 15.6. The first-order chi connectivity index (χ1) is 9.51. The monoisotopic (exact) mass is 317 g/mol. The molecule has 6 nitrogen and oxygen atoms in total. The van der Waals surface area contributed by atoms with Gasteiger partial charge in [0.1, 0.15) is 0 Å². The van der Waals surface area contributed by atoms with Crippen LogP contribution in [0.15, 0.2) is 12.1 Å². The lowest BCUT2D eigenvalue weighted by atomic mass is 10.1. The van der Waals surface area contributed by atoms with E-state index in [0.29, 0.717) is 22.1 Å². The predicted octanol–water partition coefficient (Wildman–Crippen LogP) is 2.17. The van der Waals surface area contributed by atoms with Crippen LogP contribution >= 0.6 is 22.9 Å². The fraction of sp³-hybridized carbons (Fsp3) is 0.500. The van der Waals surface area contributed by atoms with Crippen molar-refractivity contribution in [2.45, 2.75) is 30.8 Å².